The monoisotopic (exact) mass is 424 g/mol. The zero-order valence-corrected chi connectivity index (χ0v) is 16.8. The van der Waals surface area contributed by atoms with E-state index in [1.807, 2.05) is 18.2 Å². The number of benzene rings is 2. The normalized spacial score (nSPS) is 14.5. The highest BCUT2D eigenvalue weighted by Crippen LogP contribution is 2.21. The minimum absolute atomic E-state index is 0.231. The van der Waals surface area contributed by atoms with Crippen molar-refractivity contribution in [1.82, 2.24) is 9.88 Å². The van der Waals surface area contributed by atoms with Crippen molar-refractivity contribution in [2.45, 2.75) is 6.54 Å². The molecule has 0 saturated carbocycles. The van der Waals surface area contributed by atoms with Crippen LogP contribution in [0.5, 0.6) is 5.75 Å². The van der Waals surface area contributed by atoms with Gasteiger partial charge in [-0.2, -0.15) is 0 Å². The number of phenols is 1. The molecule has 2 heterocycles. The molecule has 1 saturated heterocycles. The third-order valence-corrected chi connectivity index (χ3v) is 5.26. The number of anilines is 2. The number of halogens is 2. The molecular formula is C23H22F2N4O2. The molecule has 6 nitrogen and oxygen atoms in total. The van der Waals surface area contributed by atoms with Crippen molar-refractivity contribution in [1.29, 1.82) is 0 Å². The van der Waals surface area contributed by atoms with E-state index >= 15 is 0 Å². The summed E-state index contributed by atoms with van der Waals surface area (Å²) < 4.78 is 26.8. The fourth-order valence-electron chi connectivity index (χ4n) is 3.54. The van der Waals surface area contributed by atoms with Gasteiger partial charge in [-0.05, 0) is 30.3 Å². The highest BCUT2D eigenvalue weighted by molar-refractivity contribution is 6.04. The van der Waals surface area contributed by atoms with Crippen molar-refractivity contribution >= 4 is 17.4 Å². The molecule has 2 N–H and O–H groups in total. The SMILES string of the molecule is O=C(Nc1ccc(N2CCN(Cc3ccccc3O)CC2)nc1)c1ccc(F)cc1F. The molecule has 1 aliphatic rings. The van der Waals surface area contributed by atoms with Crippen molar-refractivity contribution in [2.24, 2.45) is 0 Å². The number of para-hydroxylation sites is 1. The molecule has 0 unspecified atom stereocenters. The predicted molar refractivity (Wildman–Crippen MR) is 114 cm³/mol. The molecule has 0 radical (unpaired) electrons. The fraction of sp³-hybridized carbons (Fsp3) is 0.217. The lowest BCUT2D eigenvalue weighted by atomic mass is 10.1. The number of hydrogen-bond donors (Lipinski definition) is 2. The van der Waals surface area contributed by atoms with Gasteiger partial charge in [-0.15, -0.1) is 0 Å². The van der Waals surface area contributed by atoms with Crippen molar-refractivity contribution < 1.29 is 18.7 Å². The molecule has 4 rings (SSSR count). The average Bonchev–Trinajstić information content (AvgIpc) is 2.76. The number of aromatic nitrogens is 1. The summed E-state index contributed by atoms with van der Waals surface area (Å²) >= 11 is 0. The van der Waals surface area contributed by atoms with Gasteiger partial charge >= 0.3 is 0 Å². The van der Waals surface area contributed by atoms with Gasteiger partial charge in [-0.3, -0.25) is 9.69 Å². The van der Waals surface area contributed by atoms with Crippen LogP contribution in [0, 0.1) is 11.6 Å². The van der Waals surface area contributed by atoms with Gasteiger partial charge in [0, 0.05) is 44.4 Å². The van der Waals surface area contributed by atoms with E-state index in [1.54, 1.807) is 18.2 Å². The quantitative estimate of drug-likeness (QED) is 0.655. The molecule has 1 amide bonds. The molecule has 8 heteroatoms. The number of phenolic OH excluding ortho intramolecular Hbond substituents is 1. The lowest BCUT2D eigenvalue weighted by Gasteiger charge is -2.35. The molecule has 0 spiro atoms. The van der Waals surface area contributed by atoms with Crippen LogP contribution in [-0.2, 0) is 6.54 Å². The lowest BCUT2D eigenvalue weighted by Crippen LogP contribution is -2.46. The van der Waals surface area contributed by atoms with E-state index in [9.17, 15) is 18.7 Å². The largest absolute Gasteiger partial charge is 0.508 e. The van der Waals surface area contributed by atoms with Crippen molar-refractivity contribution in [3.05, 3.63) is 83.6 Å². The Balaban J connectivity index is 1.32. The number of nitrogens with one attached hydrogen (secondary N) is 1. The summed E-state index contributed by atoms with van der Waals surface area (Å²) in [5.41, 5.74) is 1.11. The van der Waals surface area contributed by atoms with Gasteiger partial charge in [-0.1, -0.05) is 18.2 Å². The van der Waals surface area contributed by atoms with Crippen LogP contribution in [-0.4, -0.2) is 47.1 Å². The van der Waals surface area contributed by atoms with Crippen LogP contribution >= 0.6 is 0 Å². The number of rotatable bonds is 5. The zero-order valence-electron chi connectivity index (χ0n) is 16.8. The minimum atomic E-state index is -0.913. The molecule has 3 aromatic rings. The van der Waals surface area contributed by atoms with Gasteiger partial charge in [0.05, 0.1) is 17.4 Å². The van der Waals surface area contributed by atoms with Gasteiger partial charge in [-0.25, -0.2) is 13.8 Å². The average molecular weight is 424 g/mol. The Morgan fingerprint density at radius 1 is 1.03 bits per heavy atom. The Bertz CT molecular complexity index is 1070. The number of nitrogens with zero attached hydrogens (tertiary/aromatic N) is 3. The highest BCUT2D eigenvalue weighted by atomic mass is 19.1. The summed E-state index contributed by atoms with van der Waals surface area (Å²) in [5.74, 6) is -1.22. The predicted octanol–water partition coefficient (Wildman–Crippen LogP) is 3.64. The summed E-state index contributed by atoms with van der Waals surface area (Å²) in [6, 6.07) is 13.7. The summed E-state index contributed by atoms with van der Waals surface area (Å²) in [6.07, 6.45) is 1.52. The third kappa shape index (κ3) is 4.97. The number of amides is 1. The van der Waals surface area contributed by atoms with Gasteiger partial charge < -0.3 is 15.3 Å². The third-order valence-electron chi connectivity index (χ3n) is 5.26. The maximum absolute atomic E-state index is 13.8. The minimum Gasteiger partial charge on any atom is -0.508 e. The lowest BCUT2D eigenvalue weighted by molar-refractivity contribution is 0.102. The number of pyridine rings is 1. The second kappa shape index (κ2) is 9.09. The topological polar surface area (TPSA) is 68.7 Å². The first kappa shape index (κ1) is 20.7. The standard InChI is InChI=1S/C23H22F2N4O2/c24-17-5-7-19(20(25)13-17)23(31)27-18-6-8-22(26-14-18)29-11-9-28(10-12-29)15-16-3-1-2-4-21(16)30/h1-8,13-14,30H,9-12,15H2,(H,27,31). The number of hydrogen-bond acceptors (Lipinski definition) is 5. The first-order chi connectivity index (χ1) is 15.0. The summed E-state index contributed by atoms with van der Waals surface area (Å²) in [7, 11) is 0. The van der Waals surface area contributed by atoms with E-state index in [0.29, 0.717) is 24.0 Å². The molecule has 1 fully saturated rings. The van der Waals surface area contributed by atoms with Crippen molar-refractivity contribution in [2.75, 3.05) is 36.4 Å². The van der Waals surface area contributed by atoms with E-state index in [0.717, 1.165) is 49.7 Å². The van der Waals surface area contributed by atoms with Crippen LogP contribution in [0.4, 0.5) is 20.3 Å². The Hall–Kier alpha value is -3.52. The Labute approximate surface area is 178 Å². The van der Waals surface area contributed by atoms with Crippen LogP contribution in [0.3, 0.4) is 0 Å². The maximum atomic E-state index is 13.8. The number of piperazine rings is 1. The molecule has 160 valence electrons. The van der Waals surface area contributed by atoms with Gasteiger partial charge in [0.15, 0.2) is 0 Å². The van der Waals surface area contributed by atoms with Crippen LogP contribution in [0.1, 0.15) is 15.9 Å². The Morgan fingerprint density at radius 3 is 2.48 bits per heavy atom. The van der Waals surface area contributed by atoms with Crippen LogP contribution in [0.25, 0.3) is 0 Å². The van der Waals surface area contributed by atoms with E-state index in [4.69, 9.17) is 0 Å². The second-order valence-electron chi connectivity index (χ2n) is 7.38. The molecule has 1 aromatic heterocycles. The summed E-state index contributed by atoms with van der Waals surface area (Å²) in [5, 5.41) is 12.5. The number of carbonyl (C=O) groups is 1. The zero-order chi connectivity index (χ0) is 21.8. The summed E-state index contributed by atoms with van der Waals surface area (Å²) in [4.78, 5) is 21.0. The van der Waals surface area contributed by atoms with Gasteiger partial charge in [0.2, 0.25) is 0 Å². The molecule has 1 aliphatic heterocycles. The van der Waals surface area contributed by atoms with Crippen LogP contribution < -0.4 is 10.2 Å². The smallest absolute Gasteiger partial charge is 0.258 e. The Kier molecular flexibility index (Phi) is 6.08. The number of aromatic hydroxyl groups is 1. The van der Waals surface area contributed by atoms with Crippen molar-refractivity contribution in [3.63, 3.8) is 0 Å². The first-order valence-corrected chi connectivity index (χ1v) is 9.96. The van der Waals surface area contributed by atoms with E-state index in [2.05, 4.69) is 20.1 Å². The van der Waals surface area contributed by atoms with Crippen molar-refractivity contribution in [3.8, 4) is 5.75 Å². The molecular weight excluding hydrogens is 402 g/mol. The number of carbonyl (C=O) groups excluding carboxylic acids is 1. The van der Waals surface area contributed by atoms with E-state index in [1.165, 1.54) is 6.20 Å². The first-order valence-electron chi connectivity index (χ1n) is 9.96. The van der Waals surface area contributed by atoms with Crippen LogP contribution in [0.2, 0.25) is 0 Å². The van der Waals surface area contributed by atoms with Crippen LogP contribution in [0.15, 0.2) is 60.8 Å². The highest BCUT2D eigenvalue weighted by Gasteiger charge is 2.19. The van der Waals surface area contributed by atoms with Gasteiger partial charge in [0.25, 0.3) is 5.91 Å². The molecule has 0 bridgehead atoms. The van der Waals surface area contributed by atoms with E-state index in [-0.39, 0.29) is 5.56 Å². The fourth-order valence-corrected chi connectivity index (χ4v) is 3.54. The Morgan fingerprint density at radius 2 is 1.81 bits per heavy atom. The van der Waals surface area contributed by atoms with Gasteiger partial charge in [0.1, 0.15) is 23.2 Å². The second-order valence-corrected chi connectivity index (χ2v) is 7.38. The molecule has 0 aliphatic carbocycles. The molecule has 31 heavy (non-hydrogen) atoms. The molecule has 2 aromatic carbocycles. The molecule has 0 atom stereocenters. The maximum Gasteiger partial charge on any atom is 0.258 e. The summed E-state index contributed by atoms with van der Waals surface area (Å²) in [6.45, 7) is 3.93. The van der Waals surface area contributed by atoms with E-state index < -0.39 is 17.5 Å².